The van der Waals surface area contributed by atoms with Gasteiger partial charge in [-0.1, -0.05) is 41.1 Å². The van der Waals surface area contributed by atoms with Crippen molar-refractivity contribution in [2.45, 2.75) is 46.6 Å². The first-order chi connectivity index (χ1) is 12.9. The summed E-state index contributed by atoms with van der Waals surface area (Å²) in [5.74, 6) is 1.06. The van der Waals surface area contributed by atoms with Crippen LogP contribution in [0.15, 0.2) is 34.8 Å². The minimum absolute atomic E-state index is 0.0189. The smallest absolute Gasteiger partial charge is 0.252 e. The highest BCUT2D eigenvalue weighted by atomic mass is 79.9. The second kappa shape index (κ2) is 8.17. The molecule has 1 unspecified atom stereocenters. The van der Waals surface area contributed by atoms with Gasteiger partial charge in [-0.2, -0.15) is 4.98 Å². The molecule has 0 saturated carbocycles. The molecule has 6 nitrogen and oxygen atoms in total. The van der Waals surface area contributed by atoms with Crippen LogP contribution < -0.4 is 0 Å². The van der Waals surface area contributed by atoms with Gasteiger partial charge in [-0.05, 0) is 44.9 Å². The van der Waals surface area contributed by atoms with Crippen molar-refractivity contribution in [3.63, 3.8) is 0 Å². The molecule has 0 aliphatic rings. The van der Waals surface area contributed by atoms with Crippen molar-refractivity contribution in [1.29, 1.82) is 0 Å². The van der Waals surface area contributed by atoms with Gasteiger partial charge >= 0.3 is 0 Å². The van der Waals surface area contributed by atoms with Crippen molar-refractivity contribution >= 4 is 27.6 Å². The van der Waals surface area contributed by atoms with E-state index in [0.29, 0.717) is 18.1 Å². The molecule has 0 saturated heterocycles. The fourth-order valence-corrected chi connectivity index (χ4v) is 3.89. The summed E-state index contributed by atoms with van der Waals surface area (Å²) in [5, 5.41) is 4.47. The fraction of sp³-hybridized carbons (Fsp3) is 0.400. The van der Waals surface area contributed by atoms with Gasteiger partial charge in [-0.3, -0.25) is 4.79 Å². The first-order valence-electron chi connectivity index (χ1n) is 9.14. The first-order valence-corrected chi connectivity index (χ1v) is 9.93. The van der Waals surface area contributed by atoms with Gasteiger partial charge in [-0.15, -0.1) is 5.10 Å². The normalized spacial score (nSPS) is 12.3. The number of hydrogen-bond donors (Lipinski definition) is 0. The predicted molar refractivity (Wildman–Crippen MR) is 109 cm³/mol. The third kappa shape index (κ3) is 4.18. The maximum absolute atomic E-state index is 13.1. The van der Waals surface area contributed by atoms with E-state index in [1.165, 1.54) is 0 Å². The van der Waals surface area contributed by atoms with E-state index < -0.39 is 0 Å². The molecule has 0 spiro atoms. The molecule has 2 aromatic heterocycles. The minimum Gasteiger partial charge on any atom is -0.336 e. The molecule has 2 heterocycles. The Bertz CT molecular complexity index is 968. The molecule has 142 valence electrons. The molecule has 3 rings (SSSR count). The number of nitrogens with zero attached hydrogens (tertiary/aromatic N) is 5. The van der Waals surface area contributed by atoms with Gasteiger partial charge in [0, 0.05) is 22.4 Å². The van der Waals surface area contributed by atoms with E-state index in [9.17, 15) is 4.79 Å². The molecule has 1 atom stereocenters. The predicted octanol–water partition coefficient (Wildman–Crippen LogP) is 4.05. The number of carbonyl (C=O) groups is 1. The van der Waals surface area contributed by atoms with Crippen LogP contribution in [-0.4, -0.2) is 36.9 Å². The van der Waals surface area contributed by atoms with Crippen LogP contribution in [0, 0.1) is 13.8 Å². The van der Waals surface area contributed by atoms with Crippen molar-refractivity contribution in [3.05, 3.63) is 57.6 Å². The standard InChI is InChI=1S/C20H24BrN5O/c1-5-10-25(15(4)16-8-6-7-9-17(16)21)19(27)12-18-23-20-22-13(2)11-14(3)26(20)24-18/h6-9,11,15H,5,10,12H2,1-4H3. The van der Waals surface area contributed by atoms with Gasteiger partial charge in [0.05, 0.1) is 12.5 Å². The van der Waals surface area contributed by atoms with Crippen LogP contribution in [-0.2, 0) is 11.2 Å². The second-order valence-electron chi connectivity index (χ2n) is 6.74. The molecule has 27 heavy (non-hydrogen) atoms. The minimum atomic E-state index is -0.0350. The van der Waals surface area contributed by atoms with E-state index in [1.54, 1.807) is 4.52 Å². The van der Waals surface area contributed by atoms with E-state index >= 15 is 0 Å². The SMILES string of the molecule is CCCN(C(=O)Cc1nc2nc(C)cc(C)n2n1)C(C)c1ccccc1Br. The third-order valence-corrected chi connectivity index (χ3v) is 5.30. The van der Waals surface area contributed by atoms with Crippen LogP contribution in [0.4, 0.5) is 0 Å². The molecular weight excluding hydrogens is 406 g/mol. The van der Waals surface area contributed by atoms with Crippen molar-refractivity contribution < 1.29 is 4.79 Å². The van der Waals surface area contributed by atoms with Gasteiger partial charge in [0.2, 0.25) is 5.91 Å². The van der Waals surface area contributed by atoms with Gasteiger partial charge in [0.1, 0.15) is 0 Å². The summed E-state index contributed by atoms with van der Waals surface area (Å²) in [6.45, 7) is 8.70. The monoisotopic (exact) mass is 429 g/mol. The number of rotatable bonds is 6. The summed E-state index contributed by atoms with van der Waals surface area (Å²) in [6.07, 6.45) is 1.05. The Labute approximate surface area is 167 Å². The Morgan fingerprint density at radius 1 is 1.26 bits per heavy atom. The van der Waals surface area contributed by atoms with Gasteiger partial charge in [-0.25, -0.2) is 9.50 Å². The summed E-state index contributed by atoms with van der Waals surface area (Å²) in [4.78, 5) is 23.8. The number of fused-ring (bicyclic) bond motifs is 1. The lowest BCUT2D eigenvalue weighted by atomic mass is 10.1. The lowest BCUT2D eigenvalue weighted by Gasteiger charge is -2.29. The van der Waals surface area contributed by atoms with Crippen molar-refractivity contribution in [2.75, 3.05) is 6.54 Å². The third-order valence-electron chi connectivity index (χ3n) is 4.58. The zero-order chi connectivity index (χ0) is 19.6. The fourth-order valence-electron chi connectivity index (χ4n) is 3.28. The van der Waals surface area contributed by atoms with E-state index in [4.69, 9.17) is 0 Å². The zero-order valence-corrected chi connectivity index (χ0v) is 17.7. The molecule has 0 fully saturated rings. The summed E-state index contributed by atoms with van der Waals surface area (Å²) in [5.41, 5.74) is 2.94. The quantitative estimate of drug-likeness (QED) is 0.592. The summed E-state index contributed by atoms with van der Waals surface area (Å²) >= 11 is 3.60. The molecule has 1 aromatic carbocycles. The lowest BCUT2D eigenvalue weighted by Crippen LogP contribution is -2.35. The second-order valence-corrected chi connectivity index (χ2v) is 7.59. The average molecular weight is 430 g/mol. The Morgan fingerprint density at radius 2 is 2.00 bits per heavy atom. The summed E-state index contributed by atoms with van der Waals surface area (Å²) < 4.78 is 2.70. The Kier molecular flexibility index (Phi) is 5.89. The maximum Gasteiger partial charge on any atom is 0.252 e. The van der Waals surface area contributed by atoms with Crippen LogP contribution >= 0.6 is 15.9 Å². The van der Waals surface area contributed by atoms with Crippen molar-refractivity contribution in [3.8, 4) is 0 Å². The van der Waals surface area contributed by atoms with E-state index in [2.05, 4.69) is 44.8 Å². The molecule has 3 aromatic rings. The van der Waals surface area contributed by atoms with Gasteiger partial charge in [0.25, 0.3) is 5.78 Å². The maximum atomic E-state index is 13.1. The highest BCUT2D eigenvalue weighted by Crippen LogP contribution is 2.28. The average Bonchev–Trinajstić information content (AvgIpc) is 3.02. The number of aromatic nitrogens is 4. The highest BCUT2D eigenvalue weighted by molar-refractivity contribution is 9.10. The van der Waals surface area contributed by atoms with Crippen LogP contribution in [0.25, 0.3) is 5.78 Å². The molecule has 0 aliphatic heterocycles. The summed E-state index contributed by atoms with van der Waals surface area (Å²) in [7, 11) is 0. The largest absolute Gasteiger partial charge is 0.336 e. The Morgan fingerprint density at radius 3 is 2.70 bits per heavy atom. The number of aryl methyl sites for hydroxylation is 2. The van der Waals surface area contributed by atoms with Gasteiger partial charge in [0.15, 0.2) is 5.82 Å². The number of hydrogen-bond acceptors (Lipinski definition) is 4. The highest BCUT2D eigenvalue weighted by Gasteiger charge is 2.24. The van der Waals surface area contributed by atoms with Crippen LogP contribution in [0.5, 0.6) is 0 Å². The molecule has 0 N–H and O–H groups in total. The topological polar surface area (TPSA) is 63.4 Å². The van der Waals surface area contributed by atoms with E-state index in [-0.39, 0.29) is 18.4 Å². The Balaban J connectivity index is 1.85. The number of carbonyl (C=O) groups excluding carboxylic acids is 1. The molecule has 1 amide bonds. The first kappa shape index (κ1) is 19.5. The molecule has 0 radical (unpaired) electrons. The summed E-state index contributed by atoms with van der Waals surface area (Å²) in [6, 6.07) is 9.93. The van der Waals surface area contributed by atoms with Crippen molar-refractivity contribution in [1.82, 2.24) is 24.5 Å². The van der Waals surface area contributed by atoms with Crippen LogP contribution in [0.2, 0.25) is 0 Å². The number of benzene rings is 1. The number of amides is 1. The molecule has 7 heteroatoms. The Hall–Kier alpha value is -2.28. The van der Waals surface area contributed by atoms with E-state index in [1.807, 2.05) is 49.1 Å². The van der Waals surface area contributed by atoms with Crippen LogP contribution in [0.3, 0.4) is 0 Å². The van der Waals surface area contributed by atoms with Gasteiger partial charge < -0.3 is 4.90 Å². The van der Waals surface area contributed by atoms with Crippen LogP contribution in [0.1, 0.15) is 49.1 Å². The van der Waals surface area contributed by atoms with Crippen molar-refractivity contribution in [2.24, 2.45) is 0 Å². The zero-order valence-electron chi connectivity index (χ0n) is 16.1. The van der Waals surface area contributed by atoms with E-state index in [0.717, 1.165) is 27.8 Å². The lowest BCUT2D eigenvalue weighted by molar-refractivity contribution is -0.132. The molecular formula is C20H24BrN5O. The number of halogens is 1. The molecule has 0 bridgehead atoms. The molecule has 0 aliphatic carbocycles.